The van der Waals surface area contributed by atoms with E-state index in [1.54, 1.807) is 7.11 Å². The lowest BCUT2D eigenvalue weighted by atomic mass is 10.1. The smallest absolute Gasteiger partial charge is 0.118 e. The van der Waals surface area contributed by atoms with Crippen LogP contribution in [-0.2, 0) is 6.54 Å². The maximum absolute atomic E-state index is 5.22. The molecular weight excluding hydrogens is 284 g/mol. The molecule has 0 radical (unpaired) electrons. The predicted molar refractivity (Wildman–Crippen MR) is 96.4 cm³/mol. The Morgan fingerprint density at radius 3 is 2.26 bits per heavy atom. The molecule has 1 aliphatic rings. The van der Waals surface area contributed by atoms with Crippen LogP contribution in [0, 0.1) is 13.8 Å². The normalized spacial score (nSPS) is 15.7. The van der Waals surface area contributed by atoms with Crippen LogP contribution in [-0.4, -0.2) is 38.2 Å². The third kappa shape index (κ3) is 3.67. The SMILES string of the molecule is COc1ccc(CN2CCN(c3cccc(C)c3C)CC2)cc1. The molecule has 3 heteroatoms. The lowest BCUT2D eigenvalue weighted by molar-refractivity contribution is 0.249. The molecule has 0 unspecified atom stereocenters. The van der Waals surface area contributed by atoms with Gasteiger partial charge in [0.2, 0.25) is 0 Å². The summed E-state index contributed by atoms with van der Waals surface area (Å²) in [6, 6.07) is 15.0. The quantitative estimate of drug-likeness (QED) is 0.857. The Kier molecular flexibility index (Phi) is 4.87. The molecule has 3 rings (SSSR count). The number of methoxy groups -OCH3 is 1. The van der Waals surface area contributed by atoms with Gasteiger partial charge in [0.15, 0.2) is 0 Å². The zero-order valence-electron chi connectivity index (χ0n) is 14.4. The number of ether oxygens (including phenoxy) is 1. The minimum atomic E-state index is 0.925. The van der Waals surface area contributed by atoms with Gasteiger partial charge in [-0.05, 0) is 48.7 Å². The maximum Gasteiger partial charge on any atom is 0.118 e. The first kappa shape index (κ1) is 15.9. The number of aryl methyl sites for hydroxylation is 1. The Morgan fingerprint density at radius 1 is 0.913 bits per heavy atom. The molecule has 23 heavy (non-hydrogen) atoms. The molecule has 0 aliphatic carbocycles. The molecule has 2 aromatic rings. The monoisotopic (exact) mass is 310 g/mol. The van der Waals surface area contributed by atoms with Gasteiger partial charge >= 0.3 is 0 Å². The minimum Gasteiger partial charge on any atom is -0.497 e. The molecule has 0 aromatic heterocycles. The van der Waals surface area contributed by atoms with Gasteiger partial charge in [0.1, 0.15) is 5.75 Å². The fraction of sp³-hybridized carbons (Fsp3) is 0.400. The predicted octanol–water partition coefficient (Wildman–Crippen LogP) is 3.63. The van der Waals surface area contributed by atoms with Crippen molar-refractivity contribution < 1.29 is 4.74 Å². The highest BCUT2D eigenvalue weighted by Crippen LogP contribution is 2.24. The standard InChI is InChI=1S/C20H26N2O/c1-16-5-4-6-20(17(16)2)22-13-11-21(12-14-22)15-18-7-9-19(23-3)10-8-18/h4-10H,11-15H2,1-3H3. The van der Waals surface area contributed by atoms with Crippen molar-refractivity contribution in [2.75, 3.05) is 38.2 Å². The molecule has 2 aromatic carbocycles. The highest BCUT2D eigenvalue weighted by Gasteiger charge is 2.18. The van der Waals surface area contributed by atoms with Crippen LogP contribution in [0.5, 0.6) is 5.75 Å². The van der Waals surface area contributed by atoms with Gasteiger partial charge in [0, 0.05) is 38.4 Å². The number of piperazine rings is 1. The fourth-order valence-electron chi connectivity index (χ4n) is 3.21. The topological polar surface area (TPSA) is 15.7 Å². The van der Waals surface area contributed by atoms with Crippen molar-refractivity contribution in [2.45, 2.75) is 20.4 Å². The minimum absolute atomic E-state index is 0.925. The molecular formula is C20H26N2O. The van der Waals surface area contributed by atoms with Crippen LogP contribution in [0.25, 0.3) is 0 Å². The van der Waals surface area contributed by atoms with Crippen molar-refractivity contribution in [3.05, 3.63) is 59.2 Å². The van der Waals surface area contributed by atoms with E-state index in [9.17, 15) is 0 Å². The number of hydrogen-bond acceptors (Lipinski definition) is 3. The summed E-state index contributed by atoms with van der Waals surface area (Å²) in [6.07, 6.45) is 0. The van der Waals surface area contributed by atoms with Gasteiger partial charge in [0.25, 0.3) is 0 Å². The van der Waals surface area contributed by atoms with E-state index in [0.29, 0.717) is 0 Å². The summed E-state index contributed by atoms with van der Waals surface area (Å²) >= 11 is 0. The number of rotatable bonds is 4. The van der Waals surface area contributed by atoms with Crippen LogP contribution < -0.4 is 9.64 Å². The average Bonchev–Trinajstić information content (AvgIpc) is 2.59. The molecule has 0 atom stereocenters. The molecule has 0 saturated carbocycles. The summed E-state index contributed by atoms with van der Waals surface area (Å²) in [5.74, 6) is 0.925. The average molecular weight is 310 g/mol. The molecule has 3 nitrogen and oxygen atoms in total. The van der Waals surface area contributed by atoms with Crippen LogP contribution in [0.3, 0.4) is 0 Å². The van der Waals surface area contributed by atoms with Gasteiger partial charge < -0.3 is 9.64 Å². The molecule has 0 spiro atoms. The Morgan fingerprint density at radius 2 is 1.61 bits per heavy atom. The molecule has 0 bridgehead atoms. The van der Waals surface area contributed by atoms with Gasteiger partial charge in [-0.3, -0.25) is 4.90 Å². The third-order valence-corrected chi connectivity index (χ3v) is 4.85. The number of anilines is 1. The Bertz CT molecular complexity index is 643. The summed E-state index contributed by atoms with van der Waals surface area (Å²) in [5, 5.41) is 0. The van der Waals surface area contributed by atoms with E-state index >= 15 is 0 Å². The van der Waals surface area contributed by atoms with Gasteiger partial charge in [0.05, 0.1) is 7.11 Å². The van der Waals surface area contributed by atoms with Gasteiger partial charge in [-0.25, -0.2) is 0 Å². The van der Waals surface area contributed by atoms with Crippen LogP contribution in [0.4, 0.5) is 5.69 Å². The van der Waals surface area contributed by atoms with E-state index in [1.807, 2.05) is 12.1 Å². The summed E-state index contributed by atoms with van der Waals surface area (Å²) in [4.78, 5) is 5.05. The molecule has 0 N–H and O–H groups in total. The van der Waals surface area contributed by atoms with E-state index in [4.69, 9.17) is 4.74 Å². The second-order valence-corrected chi connectivity index (χ2v) is 6.33. The van der Waals surface area contributed by atoms with Crippen molar-refractivity contribution in [2.24, 2.45) is 0 Å². The largest absolute Gasteiger partial charge is 0.497 e. The van der Waals surface area contributed by atoms with Crippen molar-refractivity contribution in [1.82, 2.24) is 4.90 Å². The van der Waals surface area contributed by atoms with Crippen LogP contribution in [0.15, 0.2) is 42.5 Å². The first-order chi connectivity index (χ1) is 11.2. The fourth-order valence-corrected chi connectivity index (χ4v) is 3.21. The lowest BCUT2D eigenvalue weighted by Crippen LogP contribution is -2.46. The number of benzene rings is 2. The van der Waals surface area contributed by atoms with Crippen LogP contribution >= 0.6 is 0 Å². The van der Waals surface area contributed by atoms with Gasteiger partial charge in [-0.15, -0.1) is 0 Å². The van der Waals surface area contributed by atoms with E-state index in [-0.39, 0.29) is 0 Å². The summed E-state index contributed by atoms with van der Waals surface area (Å²) in [5.41, 5.74) is 5.54. The third-order valence-electron chi connectivity index (χ3n) is 4.85. The van der Waals surface area contributed by atoms with E-state index in [2.05, 4.69) is 54.0 Å². The summed E-state index contributed by atoms with van der Waals surface area (Å²) in [6.45, 7) is 9.86. The molecule has 1 heterocycles. The van der Waals surface area contributed by atoms with Crippen LogP contribution in [0.1, 0.15) is 16.7 Å². The number of hydrogen-bond donors (Lipinski definition) is 0. The van der Waals surface area contributed by atoms with E-state index in [0.717, 1.165) is 38.5 Å². The summed E-state index contributed by atoms with van der Waals surface area (Å²) < 4.78 is 5.22. The van der Waals surface area contributed by atoms with Crippen molar-refractivity contribution in [3.63, 3.8) is 0 Å². The second-order valence-electron chi connectivity index (χ2n) is 6.33. The number of nitrogens with zero attached hydrogens (tertiary/aromatic N) is 2. The first-order valence-corrected chi connectivity index (χ1v) is 8.34. The van der Waals surface area contributed by atoms with Gasteiger partial charge in [-0.2, -0.15) is 0 Å². The highest BCUT2D eigenvalue weighted by molar-refractivity contribution is 5.56. The van der Waals surface area contributed by atoms with E-state index < -0.39 is 0 Å². The van der Waals surface area contributed by atoms with Crippen molar-refractivity contribution >= 4 is 5.69 Å². The first-order valence-electron chi connectivity index (χ1n) is 8.34. The molecule has 1 fully saturated rings. The Hall–Kier alpha value is -2.00. The zero-order chi connectivity index (χ0) is 16.2. The zero-order valence-corrected chi connectivity index (χ0v) is 14.4. The Balaban J connectivity index is 1.58. The second kappa shape index (κ2) is 7.05. The summed E-state index contributed by atoms with van der Waals surface area (Å²) in [7, 11) is 1.71. The highest BCUT2D eigenvalue weighted by atomic mass is 16.5. The lowest BCUT2D eigenvalue weighted by Gasteiger charge is -2.37. The Labute approximate surface area is 139 Å². The molecule has 1 aliphatic heterocycles. The van der Waals surface area contributed by atoms with E-state index in [1.165, 1.54) is 22.4 Å². The van der Waals surface area contributed by atoms with Crippen LogP contribution in [0.2, 0.25) is 0 Å². The van der Waals surface area contributed by atoms with Crippen molar-refractivity contribution in [1.29, 1.82) is 0 Å². The molecule has 0 amide bonds. The van der Waals surface area contributed by atoms with Crippen molar-refractivity contribution in [3.8, 4) is 5.75 Å². The molecule has 122 valence electrons. The van der Waals surface area contributed by atoms with Gasteiger partial charge in [-0.1, -0.05) is 24.3 Å². The molecule has 1 saturated heterocycles. The maximum atomic E-state index is 5.22.